The zero-order valence-electron chi connectivity index (χ0n) is 19.5. The Labute approximate surface area is 194 Å². The summed E-state index contributed by atoms with van der Waals surface area (Å²) in [4.78, 5) is 9.42. The minimum absolute atomic E-state index is 0.138. The largest absolute Gasteiger partial charge is 0.489 e. The van der Waals surface area contributed by atoms with Crippen molar-refractivity contribution in [2.45, 2.75) is 26.4 Å². The standard InChI is InChI=1S/C25H30N6O2/c1-18(2)15-29-7-9-30(10-8-29)23-6-5-19(13-27-23)22-11-21(33-17-25(3,4)32)16-31-24(22)20(12-26)14-28-31/h5-6,11,13-14,16,32H,1,7-10,15,17H2,2-4H3. The van der Waals surface area contributed by atoms with E-state index < -0.39 is 5.60 Å². The molecule has 8 heteroatoms. The van der Waals surface area contributed by atoms with E-state index in [1.165, 1.54) is 5.57 Å². The third-order valence-electron chi connectivity index (χ3n) is 5.55. The lowest BCUT2D eigenvalue weighted by molar-refractivity contribution is 0.0283. The predicted octanol–water partition coefficient (Wildman–Crippen LogP) is 3.12. The fourth-order valence-electron chi connectivity index (χ4n) is 3.99. The Morgan fingerprint density at radius 2 is 2.00 bits per heavy atom. The summed E-state index contributed by atoms with van der Waals surface area (Å²) >= 11 is 0. The normalized spacial score (nSPS) is 14.9. The number of hydrogen-bond acceptors (Lipinski definition) is 7. The third kappa shape index (κ3) is 5.33. The Bertz CT molecular complexity index is 1180. The highest BCUT2D eigenvalue weighted by atomic mass is 16.5. The number of aliphatic hydroxyl groups is 1. The molecule has 0 aromatic carbocycles. The summed E-state index contributed by atoms with van der Waals surface area (Å²) in [6.07, 6.45) is 5.10. The minimum atomic E-state index is -0.964. The molecule has 172 valence electrons. The summed E-state index contributed by atoms with van der Waals surface area (Å²) in [5.74, 6) is 1.50. The van der Waals surface area contributed by atoms with Crippen LogP contribution in [0.1, 0.15) is 26.3 Å². The average Bonchev–Trinajstić information content (AvgIpc) is 3.20. The summed E-state index contributed by atoms with van der Waals surface area (Å²) in [5.41, 5.74) is 3.09. The van der Waals surface area contributed by atoms with Gasteiger partial charge >= 0.3 is 0 Å². The van der Waals surface area contributed by atoms with E-state index in [2.05, 4.69) is 34.5 Å². The van der Waals surface area contributed by atoms with Crippen LogP contribution in [0.3, 0.4) is 0 Å². The lowest BCUT2D eigenvalue weighted by Gasteiger charge is -2.35. The Hall–Kier alpha value is -3.41. The molecular weight excluding hydrogens is 416 g/mol. The molecule has 3 aromatic heterocycles. The fourth-order valence-corrected chi connectivity index (χ4v) is 3.99. The second-order valence-electron chi connectivity index (χ2n) is 9.28. The van der Waals surface area contributed by atoms with Gasteiger partial charge in [-0.3, -0.25) is 4.90 Å². The lowest BCUT2D eigenvalue weighted by Crippen LogP contribution is -2.47. The average molecular weight is 447 g/mol. The summed E-state index contributed by atoms with van der Waals surface area (Å²) in [6, 6.07) is 8.13. The lowest BCUT2D eigenvalue weighted by atomic mass is 10.1. The molecule has 4 heterocycles. The summed E-state index contributed by atoms with van der Waals surface area (Å²) in [5, 5.41) is 23.9. The predicted molar refractivity (Wildman–Crippen MR) is 128 cm³/mol. The van der Waals surface area contributed by atoms with Crippen molar-refractivity contribution in [3.05, 3.63) is 54.5 Å². The molecule has 33 heavy (non-hydrogen) atoms. The van der Waals surface area contributed by atoms with Gasteiger partial charge in [0.2, 0.25) is 0 Å². The molecule has 0 aliphatic carbocycles. The Morgan fingerprint density at radius 1 is 1.24 bits per heavy atom. The zero-order valence-corrected chi connectivity index (χ0v) is 19.5. The molecule has 1 fully saturated rings. The van der Waals surface area contributed by atoms with Crippen LogP contribution in [0.2, 0.25) is 0 Å². The fraction of sp³-hybridized carbons (Fsp3) is 0.400. The van der Waals surface area contributed by atoms with Gasteiger partial charge in [0.15, 0.2) is 0 Å². The van der Waals surface area contributed by atoms with Crippen LogP contribution >= 0.6 is 0 Å². The van der Waals surface area contributed by atoms with Gasteiger partial charge in [-0.05, 0) is 39.0 Å². The van der Waals surface area contributed by atoms with E-state index in [0.717, 1.165) is 49.7 Å². The molecule has 0 bridgehead atoms. The van der Waals surface area contributed by atoms with Crippen molar-refractivity contribution in [2.75, 3.05) is 44.2 Å². The first-order valence-corrected chi connectivity index (χ1v) is 11.1. The molecule has 1 N–H and O–H groups in total. The van der Waals surface area contributed by atoms with Gasteiger partial charge in [-0.15, -0.1) is 0 Å². The summed E-state index contributed by atoms with van der Waals surface area (Å²) in [6.45, 7) is 14.3. The number of rotatable bonds is 7. The van der Waals surface area contributed by atoms with Crippen molar-refractivity contribution in [1.82, 2.24) is 19.5 Å². The maximum absolute atomic E-state index is 10.0. The topological polar surface area (TPSA) is 89.9 Å². The van der Waals surface area contributed by atoms with Gasteiger partial charge in [-0.1, -0.05) is 12.2 Å². The molecule has 0 saturated carbocycles. The molecule has 1 aliphatic rings. The van der Waals surface area contributed by atoms with Crippen LogP contribution in [0.25, 0.3) is 16.6 Å². The van der Waals surface area contributed by atoms with Crippen LogP contribution in [0.4, 0.5) is 5.82 Å². The minimum Gasteiger partial charge on any atom is -0.489 e. The molecule has 0 spiro atoms. The first-order chi connectivity index (χ1) is 15.7. The highest BCUT2D eigenvalue weighted by molar-refractivity contribution is 5.85. The van der Waals surface area contributed by atoms with Crippen molar-refractivity contribution in [3.63, 3.8) is 0 Å². The third-order valence-corrected chi connectivity index (χ3v) is 5.55. The van der Waals surface area contributed by atoms with Crippen LogP contribution < -0.4 is 9.64 Å². The van der Waals surface area contributed by atoms with Gasteiger partial charge in [-0.25, -0.2) is 9.50 Å². The number of piperazine rings is 1. The second kappa shape index (κ2) is 9.22. The smallest absolute Gasteiger partial charge is 0.138 e. The van der Waals surface area contributed by atoms with E-state index in [4.69, 9.17) is 9.72 Å². The van der Waals surface area contributed by atoms with Crippen LogP contribution in [0.5, 0.6) is 5.75 Å². The van der Waals surface area contributed by atoms with Gasteiger partial charge in [0.05, 0.1) is 29.1 Å². The van der Waals surface area contributed by atoms with Gasteiger partial charge in [0.1, 0.15) is 24.2 Å². The molecule has 1 aliphatic heterocycles. The van der Waals surface area contributed by atoms with E-state index in [-0.39, 0.29) is 6.61 Å². The molecule has 0 atom stereocenters. The summed E-state index contributed by atoms with van der Waals surface area (Å²) in [7, 11) is 0. The number of nitrogens with zero attached hydrogens (tertiary/aromatic N) is 6. The second-order valence-corrected chi connectivity index (χ2v) is 9.28. The molecular formula is C25H30N6O2. The number of anilines is 1. The van der Waals surface area contributed by atoms with Crippen molar-refractivity contribution in [3.8, 4) is 22.9 Å². The quantitative estimate of drug-likeness (QED) is 0.558. The van der Waals surface area contributed by atoms with E-state index in [1.807, 2.05) is 24.4 Å². The zero-order chi connectivity index (χ0) is 23.6. The van der Waals surface area contributed by atoms with Gasteiger partial charge in [0, 0.05) is 50.0 Å². The summed E-state index contributed by atoms with van der Waals surface area (Å²) < 4.78 is 7.45. The van der Waals surface area contributed by atoms with E-state index in [9.17, 15) is 10.4 Å². The number of nitriles is 1. The Morgan fingerprint density at radius 3 is 2.61 bits per heavy atom. The molecule has 0 unspecified atom stereocenters. The number of ether oxygens (including phenoxy) is 1. The van der Waals surface area contributed by atoms with Crippen LogP contribution in [0, 0.1) is 11.3 Å². The van der Waals surface area contributed by atoms with Crippen molar-refractivity contribution >= 4 is 11.3 Å². The van der Waals surface area contributed by atoms with Crippen LogP contribution in [-0.2, 0) is 0 Å². The monoisotopic (exact) mass is 446 g/mol. The molecule has 0 radical (unpaired) electrons. The Kier molecular flexibility index (Phi) is 6.36. The Balaban J connectivity index is 1.60. The number of fused-ring (bicyclic) bond motifs is 1. The molecule has 3 aromatic rings. The molecule has 1 saturated heterocycles. The number of pyridine rings is 2. The first-order valence-electron chi connectivity index (χ1n) is 11.1. The maximum atomic E-state index is 10.0. The molecule has 8 nitrogen and oxygen atoms in total. The van der Waals surface area contributed by atoms with Crippen LogP contribution in [-0.4, -0.2) is 69.5 Å². The SMILES string of the molecule is C=C(C)CN1CCN(c2ccc(-c3cc(OCC(C)(C)O)cn4ncc(C#N)c34)cn2)CC1. The highest BCUT2D eigenvalue weighted by Crippen LogP contribution is 2.31. The number of hydrogen-bond donors (Lipinski definition) is 1. The van der Waals surface area contributed by atoms with Crippen molar-refractivity contribution in [2.24, 2.45) is 0 Å². The first kappa shape index (κ1) is 22.8. The van der Waals surface area contributed by atoms with Crippen molar-refractivity contribution in [1.29, 1.82) is 5.26 Å². The van der Waals surface area contributed by atoms with Gasteiger partial charge in [0.25, 0.3) is 0 Å². The highest BCUT2D eigenvalue weighted by Gasteiger charge is 2.20. The van der Waals surface area contributed by atoms with Crippen LogP contribution in [0.15, 0.2) is 48.9 Å². The molecule has 0 amide bonds. The van der Waals surface area contributed by atoms with E-state index in [1.54, 1.807) is 30.8 Å². The molecule has 4 rings (SSSR count). The maximum Gasteiger partial charge on any atom is 0.138 e. The number of aromatic nitrogens is 3. The van der Waals surface area contributed by atoms with Crippen molar-refractivity contribution < 1.29 is 9.84 Å². The van der Waals surface area contributed by atoms with Gasteiger partial charge in [-0.2, -0.15) is 10.4 Å². The van der Waals surface area contributed by atoms with E-state index in [0.29, 0.717) is 16.8 Å². The van der Waals surface area contributed by atoms with Gasteiger partial charge < -0.3 is 14.7 Å². The van der Waals surface area contributed by atoms with E-state index >= 15 is 0 Å².